The Hall–Kier alpha value is -3.59. The van der Waals surface area contributed by atoms with Gasteiger partial charge in [-0.15, -0.1) is 0 Å². The van der Waals surface area contributed by atoms with Gasteiger partial charge in [-0.3, -0.25) is 19.3 Å². The first kappa shape index (κ1) is 30.4. The smallest absolute Gasteiger partial charge is 0.339 e. The first-order chi connectivity index (χ1) is 21.0. The Morgan fingerprint density at radius 1 is 0.977 bits per heavy atom. The normalized spacial score (nSPS) is 18.8. The van der Waals surface area contributed by atoms with Gasteiger partial charge in [0.2, 0.25) is 17.6 Å². The molecule has 2 heterocycles. The summed E-state index contributed by atoms with van der Waals surface area (Å²) in [4.78, 5) is 59.0. The maximum absolute atomic E-state index is 13.6. The van der Waals surface area contributed by atoms with Crippen LogP contribution in [0.15, 0.2) is 65.1 Å². The second-order valence-electron chi connectivity index (χ2n) is 11.2. The number of aromatic nitrogens is 1. The molecule has 224 valence electrons. The Morgan fingerprint density at radius 2 is 1.64 bits per heavy atom. The first-order valence-corrected chi connectivity index (χ1v) is 15.9. The number of nitrogens with zero attached hydrogens (tertiary/aromatic N) is 2. The van der Waals surface area contributed by atoms with Crippen molar-refractivity contribution in [3.63, 3.8) is 0 Å². The van der Waals surface area contributed by atoms with Gasteiger partial charge in [0, 0.05) is 26.0 Å². The van der Waals surface area contributed by atoms with Crippen LogP contribution in [-0.4, -0.2) is 34.7 Å². The average Bonchev–Trinajstić information content (AvgIpc) is 3.28. The van der Waals surface area contributed by atoms with E-state index in [0.717, 1.165) is 25.7 Å². The Kier molecular flexibility index (Phi) is 8.35. The number of rotatable bonds is 6. The molecule has 2 aliphatic rings. The molecule has 10 heteroatoms. The molecule has 0 spiro atoms. The van der Waals surface area contributed by atoms with Crippen molar-refractivity contribution in [2.75, 3.05) is 4.90 Å². The molecule has 3 unspecified atom stereocenters. The van der Waals surface area contributed by atoms with Gasteiger partial charge in [-0.1, -0.05) is 60.3 Å². The van der Waals surface area contributed by atoms with Crippen molar-refractivity contribution in [3.05, 3.63) is 91.9 Å². The van der Waals surface area contributed by atoms with Crippen LogP contribution in [-0.2, 0) is 14.3 Å². The largest absolute Gasteiger partial charge is 0.451 e. The summed E-state index contributed by atoms with van der Waals surface area (Å²) in [6, 6.07) is 16.7. The molecule has 3 aromatic carbocycles. The molecule has 2 amide bonds. The molecule has 6 rings (SSSR count). The number of ether oxygens (including phenoxy) is 1. The van der Waals surface area contributed by atoms with Gasteiger partial charge >= 0.3 is 5.97 Å². The molecule has 3 atom stereocenters. The molecule has 0 bridgehead atoms. The number of imide groups is 1. The fourth-order valence-corrected chi connectivity index (χ4v) is 6.99. The number of benzene rings is 3. The van der Waals surface area contributed by atoms with E-state index in [4.69, 9.17) is 32.9 Å². The Balaban J connectivity index is 1.35. The van der Waals surface area contributed by atoms with E-state index in [-0.39, 0.29) is 35.0 Å². The molecule has 0 radical (unpaired) electrons. The quantitative estimate of drug-likeness (QED) is 0.114. The number of amides is 2. The second-order valence-corrected chi connectivity index (χ2v) is 12.9. The van der Waals surface area contributed by atoms with Crippen molar-refractivity contribution in [1.29, 1.82) is 0 Å². The standard InChI is InChI=1S/C34H27BrCl2N2O5/c1-17-29(37)27(35)15-25-26(34(43)44-18(2)31(40)20-6-5-7-21(36)14-20)16-28(38-30(17)25)19-10-12-22(13-11-19)39-32(41)23-8-3-4-9-24(23)33(39)42/h5-7,10-16,18,23-24H,3-4,8-9H2,1-2H3. The first-order valence-electron chi connectivity index (χ1n) is 14.3. The summed E-state index contributed by atoms with van der Waals surface area (Å²) < 4.78 is 6.25. The SMILES string of the molecule is Cc1c(Cl)c(Br)cc2c(C(=O)OC(C)C(=O)c3cccc(Cl)c3)cc(-c3ccc(N4C(=O)C5CCCCC5C4=O)cc3)nc12. The van der Waals surface area contributed by atoms with Gasteiger partial charge in [0.05, 0.1) is 39.3 Å². The monoisotopic (exact) mass is 692 g/mol. The lowest BCUT2D eigenvalue weighted by molar-refractivity contribution is -0.122. The Labute approximate surface area is 272 Å². The van der Waals surface area contributed by atoms with Crippen LogP contribution in [0.5, 0.6) is 0 Å². The van der Waals surface area contributed by atoms with E-state index >= 15 is 0 Å². The molecule has 44 heavy (non-hydrogen) atoms. The molecular weight excluding hydrogens is 667 g/mol. The number of carbonyl (C=O) groups is 4. The summed E-state index contributed by atoms with van der Waals surface area (Å²) in [5, 5.41) is 1.36. The lowest BCUT2D eigenvalue weighted by atomic mass is 9.81. The number of hydrogen-bond acceptors (Lipinski definition) is 6. The number of fused-ring (bicyclic) bond motifs is 2. The highest BCUT2D eigenvalue weighted by Gasteiger charge is 2.48. The van der Waals surface area contributed by atoms with Crippen molar-refractivity contribution < 1.29 is 23.9 Å². The van der Waals surface area contributed by atoms with Gasteiger partial charge < -0.3 is 4.74 Å². The molecular formula is C34H27BrCl2N2O5. The van der Waals surface area contributed by atoms with Crippen molar-refractivity contribution in [2.45, 2.75) is 45.6 Å². The fraction of sp³-hybridized carbons (Fsp3) is 0.265. The van der Waals surface area contributed by atoms with Gasteiger partial charge in [-0.05, 0) is 84.6 Å². The summed E-state index contributed by atoms with van der Waals surface area (Å²) >= 11 is 16.0. The van der Waals surface area contributed by atoms with Gasteiger partial charge in [-0.25, -0.2) is 9.78 Å². The van der Waals surface area contributed by atoms with E-state index in [9.17, 15) is 19.2 Å². The van der Waals surface area contributed by atoms with Crippen molar-refractivity contribution in [3.8, 4) is 11.3 Å². The summed E-state index contributed by atoms with van der Waals surface area (Å²) in [7, 11) is 0. The predicted octanol–water partition coefficient (Wildman–Crippen LogP) is 8.39. The van der Waals surface area contributed by atoms with Crippen LogP contribution < -0.4 is 4.90 Å². The Morgan fingerprint density at radius 3 is 2.27 bits per heavy atom. The van der Waals surface area contributed by atoms with Gasteiger partial charge in [0.25, 0.3) is 0 Å². The van der Waals surface area contributed by atoms with Crippen molar-refractivity contribution >= 4 is 79.3 Å². The number of hydrogen-bond donors (Lipinski definition) is 0. The summed E-state index contributed by atoms with van der Waals surface area (Å²) in [6.07, 6.45) is 2.32. The molecule has 1 saturated heterocycles. The van der Waals surface area contributed by atoms with E-state index in [2.05, 4.69) is 15.9 Å². The minimum Gasteiger partial charge on any atom is -0.451 e. The third kappa shape index (κ3) is 5.44. The molecule has 0 N–H and O–H groups in total. The molecule has 2 fully saturated rings. The van der Waals surface area contributed by atoms with E-state index < -0.39 is 12.1 Å². The number of esters is 1. The summed E-state index contributed by atoms with van der Waals surface area (Å²) in [5.74, 6) is -1.86. The fourth-order valence-electron chi connectivity index (χ4n) is 6.13. The van der Waals surface area contributed by atoms with E-state index in [1.165, 1.54) is 17.9 Å². The number of halogens is 3. The topological polar surface area (TPSA) is 93.6 Å². The van der Waals surface area contributed by atoms with Crippen molar-refractivity contribution in [2.24, 2.45) is 11.8 Å². The van der Waals surface area contributed by atoms with Gasteiger partial charge in [-0.2, -0.15) is 0 Å². The maximum atomic E-state index is 13.6. The lowest BCUT2D eigenvalue weighted by Gasteiger charge is -2.19. The van der Waals surface area contributed by atoms with E-state index in [1.54, 1.807) is 61.5 Å². The molecule has 1 aromatic heterocycles. The number of anilines is 1. The van der Waals surface area contributed by atoms with E-state index in [1.807, 2.05) is 0 Å². The highest BCUT2D eigenvalue weighted by Crippen LogP contribution is 2.41. The predicted molar refractivity (Wildman–Crippen MR) is 173 cm³/mol. The number of aryl methyl sites for hydroxylation is 1. The zero-order chi connectivity index (χ0) is 31.3. The van der Waals surface area contributed by atoms with Crippen LogP contribution >= 0.6 is 39.1 Å². The van der Waals surface area contributed by atoms with Gasteiger partial charge in [0.1, 0.15) is 0 Å². The zero-order valence-corrected chi connectivity index (χ0v) is 27.0. The second kappa shape index (κ2) is 12.1. The van der Waals surface area contributed by atoms with Crippen LogP contribution in [0, 0.1) is 18.8 Å². The van der Waals surface area contributed by atoms with E-state index in [0.29, 0.717) is 53.5 Å². The summed E-state index contributed by atoms with van der Waals surface area (Å²) in [6.45, 7) is 3.32. The minimum absolute atomic E-state index is 0.140. The minimum atomic E-state index is -1.08. The highest BCUT2D eigenvalue weighted by molar-refractivity contribution is 9.10. The lowest BCUT2D eigenvalue weighted by Crippen LogP contribution is -2.30. The molecule has 1 aliphatic carbocycles. The van der Waals surface area contributed by atoms with Crippen LogP contribution in [0.1, 0.15) is 58.9 Å². The average molecular weight is 694 g/mol. The van der Waals surface area contributed by atoms with Crippen LogP contribution in [0.3, 0.4) is 0 Å². The molecule has 1 aliphatic heterocycles. The number of carbonyl (C=O) groups excluding carboxylic acids is 4. The third-order valence-electron chi connectivity index (χ3n) is 8.47. The number of Topliss-reactive ketones (excluding diaryl/α,β-unsaturated/α-hetero) is 1. The van der Waals surface area contributed by atoms with Crippen LogP contribution in [0.2, 0.25) is 10.0 Å². The van der Waals surface area contributed by atoms with Crippen LogP contribution in [0.4, 0.5) is 5.69 Å². The van der Waals surface area contributed by atoms with Gasteiger partial charge in [0.15, 0.2) is 6.10 Å². The molecule has 4 aromatic rings. The summed E-state index contributed by atoms with van der Waals surface area (Å²) in [5.41, 5.74) is 3.31. The number of ketones is 1. The molecule has 7 nitrogen and oxygen atoms in total. The van der Waals surface area contributed by atoms with Crippen molar-refractivity contribution in [1.82, 2.24) is 4.98 Å². The maximum Gasteiger partial charge on any atom is 0.339 e. The molecule has 1 saturated carbocycles. The highest BCUT2D eigenvalue weighted by atomic mass is 79.9. The van der Waals surface area contributed by atoms with Crippen LogP contribution in [0.25, 0.3) is 22.2 Å². The third-order valence-corrected chi connectivity index (χ3v) is 10.0. The zero-order valence-electron chi connectivity index (χ0n) is 23.9. The number of pyridine rings is 1. The Bertz CT molecular complexity index is 1840.